The maximum atomic E-state index is 5.84. The molecule has 0 bridgehead atoms. The first kappa shape index (κ1) is 12.1. The fraction of sp³-hybridized carbons (Fsp3) is 0. The predicted octanol–water partition coefficient (Wildman–Crippen LogP) is 3.64. The summed E-state index contributed by atoms with van der Waals surface area (Å²) in [5.41, 5.74) is 1.67. The molecule has 0 N–H and O–H groups in total. The van der Waals surface area contributed by atoms with Crippen molar-refractivity contribution >= 4 is 23.2 Å². The second kappa shape index (κ2) is 4.99. The summed E-state index contributed by atoms with van der Waals surface area (Å²) >= 11 is 11.7. The molecule has 19 heavy (non-hydrogen) atoms. The molecule has 2 aromatic carbocycles. The molecular formula is C13H8Cl2N4. The van der Waals surface area contributed by atoms with Crippen molar-refractivity contribution in [3.05, 3.63) is 58.6 Å². The zero-order chi connectivity index (χ0) is 13.2. The number of nitrogens with zero attached hydrogens (tertiary/aromatic N) is 4. The van der Waals surface area contributed by atoms with Gasteiger partial charge >= 0.3 is 0 Å². The average molecular weight is 291 g/mol. The van der Waals surface area contributed by atoms with Crippen LogP contribution in [0.2, 0.25) is 10.0 Å². The molecule has 0 spiro atoms. The van der Waals surface area contributed by atoms with Crippen LogP contribution in [-0.4, -0.2) is 20.2 Å². The molecule has 0 fully saturated rings. The van der Waals surface area contributed by atoms with E-state index in [4.69, 9.17) is 23.2 Å². The monoisotopic (exact) mass is 290 g/mol. The van der Waals surface area contributed by atoms with Gasteiger partial charge in [0.15, 0.2) is 0 Å². The Morgan fingerprint density at radius 3 is 2.00 bits per heavy atom. The largest absolute Gasteiger partial charge is 0.205 e. The summed E-state index contributed by atoms with van der Waals surface area (Å²) in [5.74, 6) is 0.548. The Morgan fingerprint density at radius 2 is 1.37 bits per heavy atom. The van der Waals surface area contributed by atoms with Crippen molar-refractivity contribution in [3.8, 4) is 17.1 Å². The lowest BCUT2D eigenvalue weighted by atomic mass is 10.2. The highest BCUT2D eigenvalue weighted by Crippen LogP contribution is 2.18. The van der Waals surface area contributed by atoms with Crippen molar-refractivity contribution < 1.29 is 0 Å². The van der Waals surface area contributed by atoms with E-state index in [-0.39, 0.29) is 0 Å². The van der Waals surface area contributed by atoms with Crippen molar-refractivity contribution in [2.45, 2.75) is 0 Å². The standard InChI is InChI=1S/C13H8Cl2N4/c14-10-3-1-9(2-4-10)13-16-18-19(17-13)12-7-5-11(15)6-8-12/h1-8H. The molecule has 0 aliphatic rings. The zero-order valence-electron chi connectivity index (χ0n) is 9.66. The second-order valence-corrected chi connectivity index (χ2v) is 4.76. The van der Waals surface area contributed by atoms with Crippen LogP contribution in [0.25, 0.3) is 17.1 Å². The van der Waals surface area contributed by atoms with Crippen LogP contribution >= 0.6 is 23.2 Å². The molecule has 0 saturated carbocycles. The van der Waals surface area contributed by atoms with Gasteiger partial charge in [0.1, 0.15) is 0 Å². The van der Waals surface area contributed by atoms with Gasteiger partial charge in [-0.3, -0.25) is 0 Å². The quantitative estimate of drug-likeness (QED) is 0.724. The highest BCUT2D eigenvalue weighted by atomic mass is 35.5. The van der Waals surface area contributed by atoms with E-state index in [1.165, 1.54) is 4.80 Å². The first-order valence-corrected chi connectivity index (χ1v) is 6.30. The molecule has 0 unspecified atom stereocenters. The average Bonchev–Trinajstić information content (AvgIpc) is 2.90. The number of hydrogen-bond donors (Lipinski definition) is 0. The summed E-state index contributed by atoms with van der Waals surface area (Å²) in [6.07, 6.45) is 0. The number of rotatable bonds is 2. The Labute approximate surface area is 119 Å². The fourth-order valence-corrected chi connectivity index (χ4v) is 1.86. The van der Waals surface area contributed by atoms with E-state index in [1.807, 2.05) is 24.3 Å². The number of hydrogen-bond acceptors (Lipinski definition) is 3. The molecule has 3 rings (SSSR count). The van der Waals surface area contributed by atoms with Gasteiger partial charge in [0.2, 0.25) is 5.82 Å². The van der Waals surface area contributed by atoms with Gasteiger partial charge in [-0.1, -0.05) is 23.2 Å². The van der Waals surface area contributed by atoms with Crippen molar-refractivity contribution in [1.29, 1.82) is 0 Å². The molecule has 0 saturated heterocycles. The van der Waals surface area contributed by atoms with E-state index >= 15 is 0 Å². The Kier molecular flexibility index (Phi) is 3.19. The predicted molar refractivity (Wildman–Crippen MR) is 74.6 cm³/mol. The molecule has 0 atom stereocenters. The molecule has 0 aliphatic carbocycles. The van der Waals surface area contributed by atoms with Crippen molar-refractivity contribution in [2.24, 2.45) is 0 Å². The van der Waals surface area contributed by atoms with E-state index in [9.17, 15) is 0 Å². The van der Waals surface area contributed by atoms with Gasteiger partial charge in [0, 0.05) is 15.6 Å². The summed E-state index contributed by atoms with van der Waals surface area (Å²) in [6, 6.07) is 14.5. The summed E-state index contributed by atoms with van der Waals surface area (Å²) in [7, 11) is 0. The van der Waals surface area contributed by atoms with Gasteiger partial charge in [-0.25, -0.2) is 0 Å². The van der Waals surface area contributed by atoms with Crippen LogP contribution in [0.1, 0.15) is 0 Å². The third kappa shape index (κ3) is 2.59. The Morgan fingerprint density at radius 1 is 0.789 bits per heavy atom. The summed E-state index contributed by atoms with van der Waals surface area (Å²) in [4.78, 5) is 1.46. The number of aromatic nitrogens is 4. The zero-order valence-corrected chi connectivity index (χ0v) is 11.2. The Balaban J connectivity index is 1.95. The maximum absolute atomic E-state index is 5.84. The van der Waals surface area contributed by atoms with Crippen LogP contribution in [0.4, 0.5) is 0 Å². The topological polar surface area (TPSA) is 43.6 Å². The van der Waals surface area contributed by atoms with E-state index in [1.54, 1.807) is 24.3 Å². The number of halogens is 2. The molecular weight excluding hydrogens is 283 g/mol. The molecule has 3 aromatic rings. The minimum Gasteiger partial charge on any atom is -0.130 e. The van der Waals surface area contributed by atoms with Crippen molar-refractivity contribution in [1.82, 2.24) is 20.2 Å². The molecule has 1 heterocycles. The maximum Gasteiger partial charge on any atom is 0.205 e. The van der Waals surface area contributed by atoms with E-state index in [0.717, 1.165) is 11.3 Å². The third-order valence-corrected chi connectivity index (χ3v) is 3.08. The van der Waals surface area contributed by atoms with Gasteiger partial charge in [-0.15, -0.1) is 15.0 Å². The summed E-state index contributed by atoms with van der Waals surface area (Å²) < 4.78 is 0. The second-order valence-electron chi connectivity index (χ2n) is 3.89. The Bertz CT molecular complexity index is 629. The summed E-state index contributed by atoms with van der Waals surface area (Å²) in [6.45, 7) is 0. The van der Waals surface area contributed by atoms with Crippen LogP contribution in [0.3, 0.4) is 0 Å². The van der Waals surface area contributed by atoms with Gasteiger partial charge in [0.05, 0.1) is 5.69 Å². The smallest absolute Gasteiger partial charge is 0.130 e. The van der Waals surface area contributed by atoms with Crippen LogP contribution in [-0.2, 0) is 0 Å². The number of tetrazole rings is 1. The molecule has 1 aromatic heterocycles. The highest BCUT2D eigenvalue weighted by molar-refractivity contribution is 6.30. The lowest BCUT2D eigenvalue weighted by Gasteiger charge is -1.97. The van der Waals surface area contributed by atoms with Crippen LogP contribution in [0, 0.1) is 0 Å². The molecule has 4 nitrogen and oxygen atoms in total. The first-order valence-electron chi connectivity index (χ1n) is 5.54. The van der Waals surface area contributed by atoms with Crippen LogP contribution < -0.4 is 0 Å². The normalized spacial score (nSPS) is 10.6. The minimum absolute atomic E-state index is 0.548. The molecule has 0 amide bonds. The summed E-state index contributed by atoms with van der Waals surface area (Å²) in [5, 5.41) is 13.7. The van der Waals surface area contributed by atoms with E-state index < -0.39 is 0 Å². The molecule has 0 aliphatic heterocycles. The molecule has 0 radical (unpaired) electrons. The van der Waals surface area contributed by atoms with Crippen LogP contribution in [0.5, 0.6) is 0 Å². The first-order chi connectivity index (χ1) is 9.22. The molecule has 94 valence electrons. The third-order valence-electron chi connectivity index (χ3n) is 2.57. The van der Waals surface area contributed by atoms with Gasteiger partial charge in [-0.05, 0) is 53.7 Å². The van der Waals surface area contributed by atoms with E-state index in [0.29, 0.717) is 15.9 Å². The fourth-order valence-electron chi connectivity index (χ4n) is 1.61. The number of benzene rings is 2. The lowest BCUT2D eigenvalue weighted by Crippen LogP contribution is -1.98. The van der Waals surface area contributed by atoms with Crippen LogP contribution in [0.15, 0.2) is 48.5 Å². The van der Waals surface area contributed by atoms with Gasteiger partial charge < -0.3 is 0 Å². The highest BCUT2D eigenvalue weighted by Gasteiger charge is 2.07. The van der Waals surface area contributed by atoms with E-state index in [2.05, 4.69) is 15.4 Å². The van der Waals surface area contributed by atoms with Crippen molar-refractivity contribution in [2.75, 3.05) is 0 Å². The van der Waals surface area contributed by atoms with Gasteiger partial charge in [0.25, 0.3) is 0 Å². The minimum atomic E-state index is 0.548. The Hall–Kier alpha value is -1.91. The van der Waals surface area contributed by atoms with Crippen molar-refractivity contribution in [3.63, 3.8) is 0 Å². The van der Waals surface area contributed by atoms with Gasteiger partial charge in [-0.2, -0.15) is 0 Å². The SMILES string of the molecule is Clc1ccc(-c2nnn(-c3ccc(Cl)cc3)n2)cc1. The molecule has 6 heteroatoms. The lowest BCUT2D eigenvalue weighted by molar-refractivity contribution is 0.720.